The lowest BCUT2D eigenvalue weighted by Gasteiger charge is -2.24. The van der Waals surface area contributed by atoms with Gasteiger partial charge in [0.05, 0.1) is 11.9 Å². The standard InChI is InChI=1S/C14H22N2O3S/c1-14(2,3)11-6-8-12(9-7-11)16(20(5,18)19)10-13(17)15-4/h6-9H,10H2,1-5H3,(H,15,17). The van der Waals surface area contributed by atoms with Gasteiger partial charge in [-0.2, -0.15) is 0 Å². The van der Waals surface area contributed by atoms with Gasteiger partial charge in [-0.1, -0.05) is 32.9 Å². The molecule has 0 unspecified atom stereocenters. The molecule has 5 nitrogen and oxygen atoms in total. The molecule has 0 saturated heterocycles. The van der Waals surface area contributed by atoms with E-state index in [9.17, 15) is 13.2 Å². The van der Waals surface area contributed by atoms with E-state index in [1.54, 1.807) is 12.1 Å². The predicted octanol–water partition coefficient (Wildman–Crippen LogP) is 1.50. The molecule has 0 atom stereocenters. The van der Waals surface area contributed by atoms with Gasteiger partial charge in [-0.05, 0) is 23.1 Å². The first kappa shape index (κ1) is 16.5. The Morgan fingerprint density at radius 3 is 2.05 bits per heavy atom. The first-order chi connectivity index (χ1) is 9.05. The van der Waals surface area contributed by atoms with Gasteiger partial charge in [-0.3, -0.25) is 9.10 Å². The van der Waals surface area contributed by atoms with Gasteiger partial charge in [0.1, 0.15) is 6.54 Å². The second-order valence-corrected chi connectivity index (χ2v) is 7.65. The highest BCUT2D eigenvalue weighted by molar-refractivity contribution is 7.92. The number of amides is 1. The van der Waals surface area contributed by atoms with Crippen LogP contribution in [0.5, 0.6) is 0 Å². The third-order valence-electron chi connectivity index (χ3n) is 2.99. The van der Waals surface area contributed by atoms with Crippen LogP contribution in [0.25, 0.3) is 0 Å². The largest absolute Gasteiger partial charge is 0.358 e. The summed E-state index contributed by atoms with van der Waals surface area (Å²) in [5.41, 5.74) is 1.59. The molecule has 1 N–H and O–H groups in total. The fourth-order valence-corrected chi connectivity index (χ4v) is 2.59. The van der Waals surface area contributed by atoms with Gasteiger partial charge in [0.2, 0.25) is 15.9 Å². The van der Waals surface area contributed by atoms with Crippen LogP contribution in [-0.4, -0.2) is 34.2 Å². The summed E-state index contributed by atoms with van der Waals surface area (Å²) in [4.78, 5) is 11.5. The number of benzene rings is 1. The molecule has 1 rings (SSSR count). The molecule has 112 valence electrons. The lowest BCUT2D eigenvalue weighted by atomic mass is 9.87. The Balaban J connectivity index is 3.13. The molecular weight excluding hydrogens is 276 g/mol. The zero-order valence-corrected chi connectivity index (χ0v) is 13.4. The average Bonchev–Trinajstić information content (AvgIpc) is 2.33. The topological polar surface area (TPSA) is 66.5 Å². The van der Waals surface area contributed by atoms with Gasteiger partial charge >= 0.3 is 0 Å². The monoisotopic (exact) mass is 298 g/mol. The van der Waals surface area contributed by atoms with E-state index in [0.29, 0.717) is 5.69 Å². The van der Waals surface area contributed by atoms with Crippen LogP contribution in [0, 0.1) is 0 Å². The van der Waals surface area contributed by atoms with E-state index in [2.05, 4.69) is 26.1 Å². The van der Waals surface area contributed by atoms with Gasteiger partial charge in [-0.25, -0.2) is 8.42 Å². The molecule has 0 saturated carbocycles. The third kappa shape index (κ3) is 4.23. The number of anilines is 1. The Hall–Kier alpha value is -1.56. The van der Waals surface area contributed by atoms with Gasteiger partial charge in [-0.15, -0.1) is 0 Å². The summed E-state index contributed by atoms with van der Waals surface area (Å²) in [7, 11) is -2.02. The Labute approximate surface area is 121 Å². The molecule has 1 aromatic rings. The minimum atomic E-state index is -3.50. The quantitative estimate of drug-likeness (QED) is 0.916. The zero-order chi connectivity index (χ0) is 15.6. The van der Waals surface area contributed by atoms with E-state index in [4.69, 9.17) is 0 Å². The summed E-state index contributed by atoms with van der Waals surface area (Å²) < 4.78 is 24.7. The van der Waals surface area contributed by atoms with Crippen LogP contribution in [0.3, 0.4) is 0 Å². The van der Waals surface area contributed by atoms with Crippen LogP contribution < -0.4 is 9.62 Å². The molecule has 1 aromatic carbocycles. The molecule has 0 aliphatic carbocycles. The minimum Gasteiger partial charge on any atom is -0.358 e. The van der Waals surface area contributed by atoms with Crippen molar-refractivity contribution in [1.29, 1.82) is 0 Å². The number of hydrogen-bond donors (Lipinski definition) is 1. The van der Waals surface area contributed by atoms with Crippen molar-refractivity contribution in [3.63, 3.8) is 0 Å². The maximum Gasteiger partial charge on any atom is 0.240 e. The lowest BCUT2D eigenvalue weighted by molar-refractivity contribution is -0.119. The van der Waals surface area contributed by atoms with E-state index in [1.807, 2.05) is 12.1 Å². The number of hydrogen-bond acceptors (Lipinski definition) is 3. The number of carbonyl (C=O) groups excluding carboxylic acids is 1. The summed E-state index contributed by atoms with van der Waals surface area (Å²) in [6, 6.07) is 7.23. The second kappa shape index (κ2) is 5.83. The number of likely N-dealkylation sites (N-methyl/N-ethyl adjacent to an activating group) is 1. The molecular formula is C14H22N2O3S. The van der Waals surface area contributed by atoms with Crippen molar-refractivity contribution in [3.8, 4) is 0 Å². The van der Waals surface area contributed by atoms with Crippen molar-refractivity contribution in [2.75, 3.05) is 24.2 Å². The lowest BCUT2D eigenvalue weighted by Crippen LogP contribution is -2.39. The van der Waals surface area contributed by atoms with Crippen molar-refractivity contribution < 1.29 is 13.2 Å². The fraction of sp³-hybridized carbons (Fsp3) is 0.500. The van der Waals surface area contributed by atoms with E-state index < -0.39 is 10.0 Å². The highest BCUT2D eigenvalue weighted by Gasteiger charge is 2.21. The highest BCUT2D eigenvalue weighted by atomic mass is 32.2. The minimum absolute atomic E-state index is 0.00472. The summed E-state index contributed by atoms with van der Waals surface area (Å²) in [5, 5.41) is 2.43. The van der Waals surface area contributed by atoms with E-state index >= 15 is 0 Å². The predicted molar refractivity (Wildman–Crippen MR) is 81.4 cm³/mol. The third-order valence-corrected chi connectivity index (χ3v) is 4.13. The highest BCUT2D eigenvalue weighted by Crippen LogP contribution is 2.25. The molecule has 20 heavy (non-hydrogen) atoms. The molecule has 6 heteroatoms. The van der Waals surface area contributed by atoms with Crippen LogP contribution in [0.4, 0.5) is 5.69 Å². The molecule has 0 fully saturated rings. The van der Waals surface area contributed by atoms with Crippen molar-refractivity contribution in [3.05, 3.63) is 29.8 Å². The van der Waals surface area contributed by atoms with Gasteiger partial charge in [0.15, 0.2) is 0 Å². The number of nitrogens with one attached hydrogen (secondary N) is 1. The first-order valence-corrected chi connectivity index (χ1v) is 8.19. The second-order valence-electron chi connectivity index (χ2n) is 5.74. The van der Waals surface area contributed by atoms with Gasteiger partial charge < -0.3 is 5.32 Å². The Morgan fingerprint density at radius 1 is 1.20 bits per heavy atom. The van der Waals surface area contributed by atoms with Crippen LogP contribution in [0.1, 0.15) is 26.3 Å². The summed E-state index contributed by atoms with van der Waals surface area (Å²) in [5.74, 6) is -0.352. The van der Waals surface area contributed by atoms with Gasteiger partial charge in [0, 0.05) is 7.05 Å². The number of carbonyl (C=O) groups is 1. The molecule has 0 aromatic heterocycles. The zero-order valence-electron chi connectivity index (χ0n) is 12.6. The van der Waals surface area contributed by atoms with Crippen molar-refractivity contribution in [1.82, 2.24) is 5.32 Å². The molecule has 0 aliphatic rings. The first-order valence-electron chi connectivity index (χ1n) is 6.34. The van der Waals surface area contributed by atoms with E-state index in [-0.39, 0.29) is 17.9 Å². The molecule has 0 radical (unpaired) electrons. The van der Waals surface area contributed by atoms with Crippen molar-refractivity contribution in [2.24, 2.45) is 0 Å². The molecule has 0 bridgehead atoms. The van der Waals surface area contributed by atoms with Crippen LogP contribution in [0.2, 0.25) is 0 Å². The summed E-state index contributed by atoms with van der Waals surface area (Å²) >= 11 is 0. The van der Waals surface area contributed by atoms with Crippen LogP contribution in [-0.2, 0) is 20.2 Å². The summed E-state index contributed by atoms with van der Waals surface area (Å²) in [6.45, 7) is 6.03. The van der Waals surface area contributed by atoms with E-state index in [1.165, 1.54) is 7.05 Å². The normalized spacial score (nSPS) is 12.1. The molecule has 0 spiro atoms. The Morgan fingerprint density at radius 2 is 1.70 bits per heavy atom. The summed E-state index contributed by atoms with van der Waals surface area (Å²) in [6.07, 6.45) is 1.09. The maximum absolute atomic E-state index is 11.8. The van der Waals surface area contributed by atoms with Gasteiger partial charge in [0.25, 0.3) is 0 Å². The smallest absolute Gasteiger partial charge is 0.240 e. The fourth-order valence-electron chi connectivity index (χ4n) is 1.74. The van der Waals surface area contributed by atoms with Crippen LogP contribution >= 0.6 is 0 Å². The average molecular weight is 298 g/mol. The molecule has 1 amide bonds. The van der Waals surface area contributed by atoms with Crippen LogP contribution in [0.15, 0.2) is 24.3 Å². The Bertz CT molecular complexity index is 571. The molecule has 0 aliphatic heterocycles. The van der Waals surface area contributed by atoms with Crippen molar-refractivity contribution >= 4 is 21.6 Å². The molecule has 0 heterocycles. The number of nitrogens with zero attached hydrogens (tertiary/aromatic N) is 1. The SMILES string of the molecule is CNC(=O)CN(c1ccc(C(C)(C)C)cc1)S(C)(=O)=O. The number of sulfonamides is 1. The van der Waals surface area contributed by atoms with Crippen molar-refractivity contribution in [2.45, 2.75) is 26.2 Å². The Kier molecular flexibility index (Phi) is 4.81. The maximum atomic E-state index is 11.8. The number of rotatable bonds is 4. The van der Waals surface area contributed by atoms with E-state index in [0.717, 1.165) is 16.1 Å².